The number of hydrogen-bond donors (Lipinski definition) is 0. The predicted molar refractivity (Wildman–Crippen MR) is 106 cm³/mol. The molecule has 28 heavy (non-hydrogen) atoms. The van der Waals surface area contributed by atoms with Crippen LogP contribution in [0.15, 0.2) is 48.5 Å². The Balaban J connectivity index is 1.70. The van der Waals surface area contributed by atoms with Crippen LogP contribution in [0.5, 0.6) is 0 Å². The minimum absolute atomic E-state index is 0.0766. The maximum atomic E-state index is 14.2. The summed E-state index contributed by atoms with van der Waals surface area (Å²) < 4.78 is 25.2. The van der Waals surface area contributed by atoms with E-state index in [9.17, 15) is 14.0 Å². The van der Waals surface area contributed by atoms with Crippen molar-refractivity contribution in [3.8, 4) is 0 Å². The average Bonchev–Trinajstić information content (AvgIpc) is 3.07. The minimum Gasteiger partial charge on any atom is -0.451 e. The summed E-state index contributed by atoms with van der Waals surface area (Å²) in [4.78, 5) is 26.6. The van der Waals surface area contributed by atoms with E-state index in [0.717, 1.165) is 16.9 Å². The molecule has 0 bridgehead atoms. The first-order valence-electron chi connectivity index (χ1n) is 8.65. The van der Waals surface area contributed by atoms with E-state index in [4.69, 9.17) is 9.47 Å². The lowest BCUT2D eigenvalue weighted by Gasteiger charge is -2.17. The van der Waals surface area contributed by atoms with Crippen molar-refractivity contribution in [2.75, 3.05) is 20.8 Å². The number of likely N-dealkylation sites (N-methyl/N-ethyl adjacent to an activating group) is 1. The first-order valence-corrected chi connectivity index (χ1v) is 9.46. The summed E-state index contributed by atoms with van der Waals surface area (Å²) in [5.74, 6) is -1.40. The zero-order chi connectivity index (χ0) is 20.1. The summed E-state index contributed by atoms with van der Waals surface area (Å²) in [5, 5.41) is 0.355. The van der Waals surface area contributed by atoms with Gasteiger partial charge >= 0.3 is 5.97 Å². The summed E-state index contributed by atoms with van der Waals surface area (Å²) in [7, 11) is 3.12. The average molecular weight is 401 g/mol. The van der Waals surface area contributed by atoms with Crippen LogP contribution in [0.3, 0.4) is 0 Å². The first-order chi connectivity index (χ1) is 13.5. The molecular weight excluding hydrogens is 381 g/mol. The van der Waals surface area contributed by atoms with E-state index in [-0.39, 0.29) is 24.0 Å². The zero-order valence-corrected chi connectivity index (χ0v) is 16.4. The van der Waals surface area contributed by atoms with E-state index in [1.165, 1.54) is 18.1 Å². The molecule has 0 N–H and O–H groups in total. The van der Waals surface area contributed by atoms with Crippen LogP contribution in [-0.4, -0.2) is 37.5 Å². The van der Waals surface area contributed by atoms with Crippen molar-refractivity contribution in [2.24, 2.45) is 0 Å². The number of carbonyl (C=O) groups is 2. The Bertz CT molecular complexity index is 987. The normalized spacial score (nSPS) is 10.8. The largest absolute Gasteiger partial charge is 0.451 e. The highest BCUT2D eigenvalue weighted by molar-refractivity contribution is 7.21. The molecular formula is C21H20FNO4S. The summed E-state index contributed by atoms with van der Waals surface area (Å²) in [5.41, 5.74) is 1.42. The number of hydrogen-bond acceptors (Lipinski definition) is 5. The van der Waals surface area contributed by atoms with Gasteiger partial charge in [-0.2, -0.15) is 0 Å². The van der Waals surface area contributed by atoms with Crippen LogP contribution >= 0.6 is 11.3 Å². The molecule has 3 rings (SSSR count). The standard InChI is InChI=1S/C21H20FNO4S/c1-23(11-14-7-4-3-5-8-14)18(24)13-27-21(25)20-15(12-26-2)19-16(22)9-6-10-17(19)28-20/h3-10H,11-13H2,1-2H3. The van der Waals surface area contributed by atoms with Gasteiger partial charge in [0, 0.05) is 36.4 Å². The van der Waals surface area contributed by atoms with Crippen molar-refractivity contribution in [3.05, 3.63) is 70.4 Å². The Morgan fingerprint density at radius 3 is 2.57 bits per heavy atom. The predicted octanol–water partition coefficient (Wildman–Crippen LogP) is 4.00. The third-order valence-electron chi connectivity index (χ3n) is 4.25. The third kappa shape index (κ3) is 4.37. The van der Waals surface area contributed by atoms with Crippen LogP contribution in [-0.2, 0) is 27.4 Å². The number of esters is 1. The van der Waals surface area contributed by atoms with Gasteiger partial charge in [-0.1, -0.05) is 36.4 Å². The molecule has 0 aliphatic heterocycles. The van der Waals surface area contributed by atoms with Gasteiger partial charge < -0.3 is 14.4 Å². The second-order valence-electron chi connectivity index (χ2n) is 6.27. The topological polar surface area (TPSA) is 55.8 Å². The molecule has 0 fully saturated rings. The molecule has 0 aliphatic rings. The Hall–Kier alpha value is -2.77. The van der Waals surface area contributed by atoms with Crippen LogP contribution in [0, 0.1) is 5.82 Å². The van der Waals surface area contributed by atoms with Gasteiger partial charge in [-0.25, -0.2) is 9.18 Å². The van der Waals surface area contributed by atoms with Crippen LogP contribution in [0.25, 0.3) is 10.1 Å². The maximum absolute atomic E-state index is 14.2. The molecule has 0 unspecified atom stereocenters. The molecule has 0 saturated carbocycles. The summed E-state index contributed by atoms with van der Waals surface area (Å²) in [6, 6.07) is 14.2. The minimum atomic E-state index is -0.658. The number of thiophene rings is 1. The molecule has 1 heterocycles. The Labute approximate surface area is 166 Å². The first kappa shape index (κ1) is 20.0. The van der Waals surface area contributed by atoms with E-state index in [1.807, 2.05) is 30.3 Å². The van der Waals surface area contributed by atoms with E-state index >= 15 is 0 Å². The number of amides is 1. The van der Waals surface area contributed by atoms with Gasteiger partial charge in [-0.3, -0.25) is 4.79 Å². The molecule has 7 heteroatoms. The zero-order valence-electron chi connectivity index (χ0n) is 15.6. The number of methoxy groups -OCH3 is 1. The number of ether oxygens (including phenoxy) is 2. The van der Waals surface area contributed by atoms with Crippen molar-refractivity contribution in [1.29, 1.82) is 0 Å². The monoisotopic (exact) mass is 401 g/mol. The van der Waals surface area contributed by atoms with Gasteiger partial charge in [-0.05, 0) is 17.7 Å². The molecule has 0 aliphatic carbocycles. The Morgan fingerprint density at radius 1 is 1.11 bits per heavy atom. The molecule has 0 spiro atoms. The van der Waals surface area contributed by atoms with Crippen molar-refractivity contribution in [1.82, 2.24) is 4.90 Å². The van der Waals surface area contributed by atoms with Gasteiger partial charge in [0.2, 0.25) is 0 Å². The van der Waals surface area contributed by atoms with Crippen LogP contribution in [0.4, 0.5) is 4.39 Å². The van der Waals surface area contributed by atoms with Crippen LogP contribution in [0.2, 0.25) is 0 Å². The fraction of sp³-hybridized carbons (Fsp3) is 0.238. The second-order valence-corrected chi connectivity index (χ2v) is 7.32. The number of fused-ring (bicyclic) bond motifs is 1. The van der Waals surface area contributed by atoms with Gasteiger partial charge in [0.25, 0.3) is 5.91 Å². The highest BCUT2D eigenvalue weighted by Gasteiger charge is 2.23. The smallest absolute Gasteiger partial charge is 0.349 e. The molecule has 5 nitrogen and oxygen atoms in total. The fourth-order valence-electron chi connectivity index (χ4n) is 2.86. The molecule has 0 radical (unpaired) electrons. The second kappa shape index (κ2) is 8.95. The summed E-state index contributed by atoms with van der Waals surface area (Å²) in [6.07, 6.45) is 0. The molecule has 146 valence electrons. The number of carbonyl (C=O) groups excluding carboxylic acids is 2. The Kier molecular flexibility index (Phi) is 6.38. The lowest BCUT2D eigenvalue weighted by molar-refractivity contribution is -0.133. The molecule has 3 aromatic rings. The SMILES string of the molecule is COCc1c(C(=O)OCC(=O)N(C)Cc2ccccc2)sc2cccc(F)c12. The number of nitrogens with zero attached hydrogens (tertiary/aromatic N) is 1. The lowest BCUT2D eigenvalue weighted by atomic mass is 10.1. The summed E-state index contributed by atoms with van der Waals surface area (Å²) >= 11 is 1.13. The van der Waals surface area contributed by atoms with E-state index < -0.39 is 11.8 Å². The van der Waals surface area contributed by atoms with Crippen LogP contribution < -0.4 is 0 Å². The quantitative estimate of drug-likeness (QED) is 0.562. The molecule has 1 amide bonds. The number of halogens is 1. The number of rotatable bonds is 7. The number of benzene rings is 2. The third-order valence-corrected chi connectivity index (χ3v) is 5.43. The van der Waals surface area contributed by atoms with Crippen LogP contribution in [0.1, 0.15) is 20.8 Å². The molecule has 1 aromatic heterocycles. The highest BCUT2D eigenvalue weighted by Crippen LogP contribution is 2.34. The molecule has 2 aromatic carbocycles. The molecule has 0 saturated heterocycles. The fourth-order valence-corrected chi connectivity index (χ4v) is 3.98. The van der Waals surface area contributed by atoms with Gasteiger partial charge in [0.05, 0.1) is 6.61 Å². The van der Waals surface area contributed by atoms with E-state index in [2.05, 4.69) is 0 Å². The Morgan fingerprint density at radius 2 is 1.86 bits per heavy atom. The van der Waals surface area contributed by atoms with Gasteiger partial charge in [0.1, 0.15) is 10.7 Å². The van der Waals surface area contributed by atoms with Gasteiger partial charge in [0.15, 0.2) is 6.61 Å². The van der Waals surface area contributed by atoms with Crippen molar-refractivity contribution in [3.63, 3.8) is 0 Å². The van der Waals surface area contributed by atoms with Crippen molar-refractivity contribution >= 4 is 33.3 Å². The van der Waals surface area contributed by atoms with Crippen molar-refractivity contribution < 1.29 is 23.5 Å². The molecule has 0 atom stereocenters. The van der Waals surface area contributed by atoms with E-state index in [0.29, 0.717) is 22.2 Å². The highest BCUT2D eigenvalue weighted by atomic mass is 32.1. The van der Waals surface area contributed by atoms with Crippen molar-refractivity contribution in [2.45, 2.75) is 13.2 Å². The summed E-state index contributed by atoms with van der Waals surface area (Å²) in [6.45, 7) is 0.110. The maximum Gasteiger partial charge on any atom is 0.349 e. The lowest BCUT2D eigenvalue weighted by Crippen LogP contribution is -2.30. The van der Waals surface area contributed by atoms with E-state index in [1.54, 1.807) is 19.2 Å². The van der Waals surface area contributed by atoms with Gasteiger partial charge in [-0.15, -0.1) is 11.3 Å².